The molecule has 0 saturated heterocycles. The second-order valence-corrected chi connectivity index (χ2v) is 9.38. The maximum atomic E-state index is 12.8. The largest absolute Gasteiger partial charge is 0.378 e. The van der Waals surface area contributed by atoms with Crippen molar-refractivity contribution in [3.63, 3.8) is 0 Å². The molecule has 3 aromatic carbocycles. The molecule has 0 aliphatic rings. The first kappa shape index (κ1) is 24.0. The molecule has 0 aromatic heterocycles. The Balaban J connectivity index is 1.69. The van der Waals surface area contributed by atoms with Gasteiger partial charge in [-0.2, -0.15) is 0 Å². The predicted octanol–water partition coefficient (Wildman–Crippen LogP) is 2.61. The number of carbonyl (C=O) groups is 2. The van der Waals surface area contributed by atoms with Crippen LogP contribution in [0.2, 0.25) is 0 Å². The van der Waals surface area contributed by atoms with Crippen molar-refractivity contribution in [2.45, 2.75) is 18.4 Å². The van der Waals surface area contributed by atoms with Gasteiger partial charge >= 0.3 is 0 Å². The van der Waals surface area contributed by atoms with E-state index in [1.807, 2.05) is 55.4 Å². The van der Waals surface area contributed by atoms with Crippen LogP contribution < -0.4 is 20.5 Å². The van der Waals surface area contributed by atoms with Crippen LogP contribution in [0.15, 0.2) is 77.7 Å². The molecule has 172 valence electrons. The Morgan fingerprint density at radius 2 is 1.45 bits per heavy atom. The zero-order valence-electron chi connectivity index (χ0n) is 18.6. The number of nitrogens with zero attached hydrogens (tertiary/aromatic N) is 1. The third kappa shape index (κ3) is 6.18. The maximum absolute atomic E-state index is 12.8. The van der Waals surface area contributed by atoms with E-state index in [4.69, 9.17) is 0 Å². The first-order chi connectivity index (χ1) is 15.7. The summed E-state index contributed by atoms with van der Waals surface area (Å²) in [7, 11) is -0.139. The van der Waals surface area contributed by atoms with Crippen molar-refractivity contribution < 1.29 is 18.0 Å². The summed E-state index contributed by atoms with van der Waals surface area (Å²) in [5.74, 6) is -1.12. The van der Waals surface area contributed by atoms with Crippen LogP contribution >= 0.6 is 0 Å². The van der Waals surface area contributed by atoms with Crippen molar-refractivity contribution in [2.75, 3.05) is 19.0 Å². The van der Waals surface area contributed by atoms with Crippen LogP contribution in [-0.4, -0.2) is 34.3 Å². The lowest BCUT2D eigenvalue weighted by Crippen LogP contribution is -2.41. The predicted molar refractivity (Wildman–Crippen MR) is 127 cm³/mol. The fourth-order valence-electron chi connectivity index (χ4n) is 3.07. The molecule has 0 unspecified atom stereocenters. The Kier molecular flexibility index (Phi) is 7.47. The van der Waals surface area contributed by atoms with E-state index in [0.29, 0.717) is 11.1 Å². The lowest BCUT2D eigenvalue weighted by atomic mass is 10.1. The van der Waals surface area contributed by atoms with Gasteiger partial charge in [-0.25, -0.2) is 13.1 Å². The summed E-state index contributed by atoms with van der Waals surface area (Å²) < 4.78 is 28.2. The van der Waals surface area contributed by atoms with Gasteiger partial charge in [0.1, 0.15) is 0 Å². The van der Waals surface area contributed by atoms with Gasteiger partial charge < -0.3 is 4.90 Å². The van der Waals surface area contributed by atoms with E-state index < -0.39 is 21.8 Å². The first-order valence-corrected chi connectivity index (χ1v) is 11.7. The van der Waals surface area contributed by atoms with Crippen molar-refractivity contribution in [1.82, 2.24) is 15.6 Å². The van der Waals surface area contributed by atoms with Crippen molar-refractivity contribution in [3.05, 3.63) is 95.1 Å². The zero-order chi connectivity index (χ0) is 24.0. The molecule has 0 radical (unpaired) electrons. The van der Waals surface area contributed by atoms with Crippen molar-refractivity contribution >= 4 is 27.5 Å². The number of amides is 2. The van der Waals surface area contributed by atoms with Gasteiger partial charge in [0, 0.05) is 37.5 Å². The average Bonchev–Trinajstić information content (AvgIpc) is 2.82. The quantitative estimate of drug-likeness (QED) is 0.464. The van der Waals surface area contributed by atoms with Crippen molar-refractivity contribution in [1.29, 1.82) is 0 Å². The highest BCUT2D eigenvalue weighted by Crippen LogP contribution is 2.18. The van der Waals surface area contributed by atoms with Crippen LogP contribution in [0.4, 0.5) is 5.69 Å². The normalized spacial score (nSPS) is 11.0. The summed E-state index contributed by atoms with van der Waals surface area (Å²) in [6.07, 6.45) is 0. The number of sulfonamides is 1. The molecule has 9 heteroatoms. The molecule has 0 heterocycles. The summed E-state index contributed by atoms with van der Waals surface area (Å²) in [4.78, 5) is 26.8. The fourth-order valence-corrected chi connectivity index (χ4v) is 4.35. The van der Waals surface area contributed by atoms with Crippen LogP contribution in [-0.2, 0) is 16.6 Å². The Morgan fingerprint density at radius 1 is 0.818 bits per heavy atom. The lowest BCUT2D eigenvalue weighted by Gasteiger charge is -2.14. The molecule has 3 aromatic rings. The van der Waals surface area contributed by atoms with Gasteiger partial charge in [-0.05, 0) is 48.4 Å². The SMILES string of the molecule is Cc1ccc(C(=O)NNC(=O)c2cccc(N(C)C)c2)cc1S(=O)(=O)NCc1ccccc1. The Labute approximate surface area is 193 Å². The Bertz CT molecular complexity index is 1260. The molecular formula is C24H26N4O4S. The van der Waals surface area contributed by atoms with Crippen LogP contribution in [0.5, 0.6) is 0 Å². The van der Waals surface area contributed by atoms with Gasteiger partial charge in [-0.1, -0.05) is 42.5 Å². The standard InChI is InChI=1S/C24H26N4O4S/c1-17-12-13-20(15-22(17)33(31,32)25-16-18-8-5-4-6-9-18)24(30)27-26-23(29)19-10-7-11-21(14-19)28(2)3/h4-15,25H,16H2,1-3H3,(H,26,29)(H,27,30). The third-order valence-corrected chi connectivity index (χ3v) is 6.51. The van der Waals surface area contributed by atoms with E-state index in [0.717, 1.165) is 11.3 Å². The number of benzene rings is 3. The molecule has 8 nitrogen and oxygen atoms in total. The molecule has 0 spiro atoms. The molecule has 0 atom stereocenters. The van der Waals surface area contributed by atoms with Gasteiger partial charge in [-0.15, -0.1) is 0 Å². The maximum Gasteiger partial charge on any atom is 0.269 e. The first-order valence-electron chi connectivity index (χ1n) is 10.2. The van der Waals surface area contributed by atoms with Crippen LogP contribution in [0.1, 0.15) is 31.8 Å². The number of hydrogen-bond donors (Lipinski definition) is 3. The number of hydrogen-bond acceptors (Lipinski definition) is 5. The number of hydrazine groups is 1. The highest BCUT2D eigenvalue weighted by molar-refractivity contribution is 7.89. The Hall–Kier alpha value is -3.69. The molecule has 2 amide bonds. The van der Waals surface area contributed by atoms with E-state index in [-0.39, 0.29) is 17.0 Å². The van der Waals surface area contributed by atoms with Crippen molar-refractivity contribution in [2.24, 2.45) is 0 Å². The smallest absolute Gasteiger partial charge is 0.269 e. The van der Waals surface area contributed by atoms with Gasteiger partial charge in [0.05, 0.1) is 4.90 Å². The van der Waals surface area contributed by atoms with Crippen molar-refractivity contribution in [3.8, 4) is 0 Å². The zero-order valence-corrected chi connectivity index (χ0v) is 19.4. The molecule has 33 heavy (non-hydrogen) atoms. The highest BCUT2D eigenvalue weighted by atomic mass is 32.2. The number of carbonyl (C=O) groups excluding carboxylic acids is 2. The molecule has 0 bridgehead atoms. The summed E-state index contributed by atoms with van der Waals surface area (Å²) in [5, 5.41) is 0. The number of nitrogens with one attached hydrogen (secondary N) is 3. The molecule has 0 aliphatic carbocycles. The topological polar surface area (TPSA) is 108 Å². The van der Waals surface area contributed by atoms with E-state index in [1.165, 1.54) is 12.1 Å². The summed E-state index contributed by atoms with van der Waals surface area (Å²) in [6, 6.07) is 20.4. The minimum atomic E-state index is -3.85. The number of aryl methyl sites for hydroxylation is 1. The van der Waals surface area contributed by atoms with Gasteiger partial charge in [0.2, 0.25) is 10.0 Å². The summed E-state index contributed by atoms with van der Waals surface area (Å²) >= 11 is 0. The monoisotopic (exact) mass is 466 g/mol. The molecule has 0 aliphatic heterocycles. The number of rotatable bonds is 7. The van der Waals surface area contributed by atoms with Gasteiger partial charge in [0.15, 0.2) is 0 Å². The fraction of sp³-hybridized carbons (Fsp3) is 0.167. The van der Waals surface area contributed by atoms with Crippen LogP contribution in [0.3, 0.4) is 0 Å². The average molecular weight is 467 g/mol. The van der Waals surface area contributed by atoms with Crippen LogP contribution in [0, 0.1) is 6.92 Å². The van der Waals surface area contributed by atoms with Gasteiger partial charge in [0.25, 0.3) is 11.8 Å². The summed E-state index contributed by atoms with van der Waals surface area (Å²) in [5.41, 5.74) is 7.32. The van der Waals surface area contributed by atoms with E-state index in [9.17, 15) is 18.0 Å². The molecule has 3 N–H and O–H groups in total. The van der Waals surface area contributed by atoms with Gasteiger partial charge in [-0.3, -0.25) is 20.4 Å². The number of anilines is 1. The van der Waals surface area contributed by atoms with E-state index in [2.05, 4.69) is 15.6 Å². The Morgan fingerprint density at radius 3 is 2.09 bits per heavy atom. The van der Waals surface area contributed by atoms with E-state index in [1.54, 1.807) is 31.2 Å². The minimum Gasteiger partial charge on any atom is -0.378 e. The molecular weight excluding hydrogens is 440 g/mol. The molecule has 3 rings (SSSR count). The second-order valence-electron chi connectivity index (χ2n) is 7.64. The van der Waals surface area contributed by atoms with Crippen LogP contribution in [0.25, 0.3) is 0 Å². The molecule has 0 fully saturated rings. The van der Waals surface area contributed by atoms with E-state index >= 15 is 0 Å². The lowest BCUT2D eigenvalue weighted by molar-refractivity contribution is 0.0846. The molecule has 0 saturated carbocycles. The minimum absolute atomic E-state index is 0.00362. The third-order valence-electron chi connectivity index (χ3n) is 4.96. The second kappa shape index (κ2) is 10.3. The summed E-state index contributed by atoms with van der Waals surface area (Å²) in [6.45, 7) is 1.78. The highest BCUT2D eigenvalue weighted by Gasteiger charge is 2.19.